The minimum Gasteiger partial charge on any atom is -0.497 e. The summed E-state index contributed by atoms with van der Waals surface area (Å²) in [5, 5.41) is 4.74. The number of benzene rings is 2. The van der Waals surface area contributed by atoms with Crippen molar-refractivity contribution in [2.45, 2.75) is 11.8 Å². The molecule has 0 spiro atoms. The number of fused-ring (bicyclic) bond motifs is 1. The molecular weight excluding hydrogens is 365 g/mol. The van der Waals surface area contributed by atoms with Gasteiger partial charge in [-0.15, -0.1) is 11.8 Å². The molecule has 0 aliphatic carbocycles. The summed E-state index contributed by atoms with van der Waals surface area (Å²) in [6.45, 7) is 1.91. The molecule has 0 bridgehead atoms. The molecule has 0 aliphatic heterocycles. The molecule has 27 heavy (non-hydrogen) atoms. The van der Waals surface area contributed by atoms with E-state index in [4.69, 9.17) is 4.74 Å². The number of nitrogens with zero attached hydrogens (tertiary/aromatic N) is 2. The van der Waals surface area contributed by atoms with E-state index in [1.165, 1.54) is 24.0 Å². The van der Waals surface area contributed by atoms with E-state index in [-0.39, 0.29) is 11.7 Å². The molecule has 1 aromatic heterocycles. The number of amides is 1. The average Bonchev–Trinajstić information content (AvgIpc) is 2.67. The van der Waals surface area contributed by atoms with Crippen molar-refractivity contribution in [3.8, 4) is 5.75 Å². The smallest absolute Gasteiger partial charge is 0.250 e. The number of aromatic nitrogens is 1. The maximum absolute atomic E-state index is 13.5. The first-order chi connectivity index (χ1) is 13.1. The zero-order valence-electron chi connectivity index (χ0n) is 14.9. The molecule has 0 radical (unpaired) electrons. The van der Waals surface area contributed by atoms with Crippen molar-refractivity contribution in [3.63, 3.8) is 0 Å². The van der Waals surface area contributed by atoms with Gasteiger partial charge in [-0.3, -0.25) is 9.78 Å². The van der Waals surface area contributed by atoms with Crippen molar-refractivity contribution < 1.29 is 13.9 Å². The summed E-state index contributed by atoms with van der Waals surface area (Å²) in [6.07, 6.45) is 1.29. The number of halogens is 1. The summed E-state index contributed by atoms with van der Waals surface area (Å²) >= 11 is 1.39. The minimum absolute atomic E-state index is 0.171. The fourth-order valence-electron chi connectivity index (χ4n) is 2.48. The van der Waals surface area contributed by atoms with E-state index >= 15 is 0 Å². The Morgan fingerprint density at radius 2 is 2.11 bits per heavy atom. The van der Waals surface area contributed by atoms with Crippen LogP contribution in [0.15, 0.2) is 58.5 Å². The zero-order chi connectivity index (χ0) is 19.2. The highest BCUT2D eigenvalue weighted by molar-refractivity contribution is 8.00. The Hall–Kier alpha value is -2.93. The van der Waals surface area contributed by atoms with Crippen LogP contribution in [0.2, 0.25) is 0 Å². The van der Waals surface area contributed by atoms with Gasteiger partial charge in [-0.2, -0.15) is 5.10 Å². The van der Waals surface area contributed by atoms with Crippen LogP contribution in [0.4, 0.5) is 4.39 Å². The largest absolute Gasteiger partial charge is 0.497 e. The maximum atomic E-state index is 13.5. The molecule has 3 aromatic rings. The lowest BCUT2D eigenvalue weighted by molar-refractivity contribution is -0.118. The lowest BCUT2D eigenvalue weighted by Crippen LogP contribution is -2.19. The monoisotopic (exact) mass is 383 g/mol. The van der Waals surface area contributed by atoms with Gasteiger partial charge in [0.25, 0.3) is 0 Å². The summed E-state index contributed by atoms with van der Waals surface area (Å²) < 4.78 is 18.8. The molecule has 1 heterocycles. The van der Waals surface area contributed by atoms with E-state index < -0.39 is 5.82 Å². The van der Waals surface area contributed by atoms with Crippen molar-refractivity contribution >= 4 is 34.8 Å². The van der Waals surface area contributed by atoms with E-state index in [0.717, 1.165) is 27.2 Å². The number of hydrazone groups is 1. The Labute approximate surface area is 160 Å². The van der Waals surface area contributed by atoms with Crippen molar-refractivity contribution in [3.05, 3.63) is 65.6 Å². The highest BCUT2D eigenvalue weighted by atomic mass is 32.2. The number of methoxy groups -OCH3 is 1. The number of pyridine rings is 1. The van der Waals surface area contributed by atoms with Gasteiger partial charge < -0.3 is 4.74 Å². The second-order valence-electron chi connectivity index (χ2n) is 5.75. The third kappa shape index (κ3) is 4.83. The molecule has 7 heteroatoms. The molecule has 1 amide bonds. The van der Waals surface area contributed by atoms with Gasteiger partial charge in [-0.1, -0.05) is 18.2 Å². The fraction of sp³-hybridized carbons (Fsp3) is 0.150. The number of carbonyl (C=O) groups is 1. The number of hydrogen-bond acceptors (Lipinski definition) is 5. The van der Waals surface area contributed by atoms with Gasteiger partial charge in [-0.25, -0.2) is 9.82 Å². The van der Waals surface area contributed by atoms with Crippen molar-refractivity contribution in [1.29, 1.82) is 0 Å². The van der Waals surface area contributed by atoms with Crippen LogP contribution in [-0.2, 0) is 4.79 Å². The maximum Gasteiger partial charge on any atom is 0.250 e. The third-order valence-electron chi connectivity index (χ3n) is 3.76. The quantitative estimate of drug-likeness (QED) is 0.398. The first kappa shape index (κ1) is 18.8. The minimum atomic E-state index is -0.391. The van der Waals surface area contributed by atoms with Gasteiger partial charge in [0, 0.05) is 21.5 Å². The number of aryl methyl sites for hydroxylation is 1. The molecule has 3 rings (SSSR count). The van der Waals surface area contributed by atoms with E-state index in [0.29, 0.717) is 5.56 Å². The van der Waals surface area contributed by atoms with Crippen LogP contribution in [0.25, 0.3) is 10.9 Å². The molecule has 0 unspecified atom stereocenters. The summed E-state index contributed by atoms with van der Waals surface area (Å²) in [5.41, 5.74) is 4.44. The average molecular weight is 383 g/mol. The predicted molar refractivity (Wildman–Crippen MR) is 106 cm³/mol. The van der Waals surface area contributed by atoms with E-state index in [9.17, 15) is 9.18 Å². The molecule has 0 saturated carbocycles. The number of thioether (sulfide) groups is 1. The summed E-state index contributed by atoms with van der Waals surface area (Å²) in [6, 6.07) is 13.8. The van der Waals surface area contributed by atoms with Crippen molar-refractivity contribution in [2.75, 3.05) is 12.9 Å². The van der Waals surface area contributed by atoms with Crippen LogP contribution < -0.4 is 10.2 Å². The van der Waals surface area contributed by atoms with Crippen LogP contribution >= 0.6 is 11.8 Å². The van der Waals surface area contributed by atoms with Gasteiger partial charge >= 0.3 is 0 Å². The Morgan fingerprint density at radius 1 is 1.30 bits per heavy atom. The Balaban J connectivity index is 1.67. The summed E-state index contributed by atoms with van der Waals surface area (Å²) in [5.74, 6) is 0.231. The van der Waals surface area contributed by atoms with Gasteiger partial charge in [0.2, 0.25) is 5.91 Å². The Bertz CT molecular complexity index is 1010. The normalized spacial score (nSPS) is 11.1. The lowest BCUT2D eigenvalue weighted by Gasteiger charge is -2.09. The molecule has 0 fully saturated rings. The number of nitrogens with one attached hydrogen (secondary N) is 1. The van der Waals surface area contributed by atoms with Crippen LogP contribution in [-0.4, -0.2) is 30.0 Å². The molecular formula is C20H18FN3O2S. The number of ether oxygens (including phenoxy) is 1. The Kier molecular flexibility index (Phi) is 6.03. The molecule has 0 saturated heterocycles. The van der Waals surface area contributed by atoms with E-state index in [1.54, 1.807) is 25.3 Å². The SMILES string of the molecule is COc1ccc2nc(C)cc(SCC(=O)NN=Cc3ccccc3F)c2c1. The van der Waals surface area contributed by atoms with Gasteiger partial charge in [0.1, 0.15) is 11.6 Å². The van der Waals surface area contributed by atoms with Crippen LogP contribution in [0.5, 0.6) is 5.75 Å². The molecule has 0 atom stereocenters. The first-order valence-electron chi connectivity index (χ1n) is 8.21. The number of hydrogen-bond donors (Lipinski definition) is 1. The highest BCUT2D eigenvalue weighted by Crippen LogP contribution is 2.30. The summed E-state index contributed by atoms with van der Waals surface area (Å²) in [7, 11) is 1.61. The second-order valence-corrected chi connectivity index (χ2v) is 6.77. The fourth-order valence-corrected chi connectivity index (χ4v) is 3.40. The lowest BCUT2D eigenvalue weighted by atomic mass is 10.2. The zero-order valence-corrected chi connectivity index (χ0v) is 15.7. The molecule has 1 N–H and O–H groups in total. The highest BCUT2D eigenvalue weighted by Gasteiger charge is 2.09. The molecule has 138 valence electrons. The van der Waals surface area contributed by atoms with Crippen molar-refractivity contribution in [1.82, 2.24) is 10.4 Å². The predicted octanol–water partition coefficient (Wildman–Crippen LogP) is 3.93. The van der Waals surface area contributed by atoms with Gasteiger partial charge in [0.05, 0.1) is 24.6 Å². The van der Waals surface area contributed by atoms with Crippen molar-refractivity contribution in [2.24, 2.45) is 5.10 Å². The molecule has 2 aromatic carbocycles. The second kappa shape index (κ2) is 8.64. The van der Waals surface area contributed by atoms with Crippen LogP contribution in [0, 0.1) is 12.7 Å². The van der Waals surface area contributed by atoms with Gasteiger partial charge in [-0.05, 0) is 37.3 Å². The number of rotatable bonds is 6. The first-order valence-corrected chi connectivity index (χ1v) is 9.20. The van der Waals surface area contributed by atoms with E-state index in [1.807, 2.05) is 31.2 Å². The standard InChI is InChI=1S/C20H18FN3O2S/c1-13-9-19(16-10-15(26-2)7-8-18(16)23-13)27-12-20(25)24-22-11-14-5-3-4-6-17(14)21/h3-11H,12H2,1-2H3,(H,24,25). The topological polar surface area (TPSA) is 63.6 Å². The molecule has 5 nitrogen and oxygen atoms in total. The van der Waals surface area contributed by atoms with Gasteiger partial charge in [0.15, 0.2) is 0 Å². The van der Waals surface area contributed by atoms with E-state index in [2.05, 4.69) is 15.5 Å². The van der Waals surface area contributed by atoms with Crippen LogP contribution in [0.3, 0.4) is 0 Å². The Morgan fingerprint density at radius 3 is 2.89 bits per heavy atom. The summed E-state index contributed by atoms with van der Waals surface area (Å²) in [4.78, 5) is 17.5. The molecule has 0 aliphatic rings. The van der Waals surface area contributed by atoms with Crippen LogP contribution in [0.1, 0.15) is 11.3 Å². The third-order valence-corrected chi connectivity index (χ3v) is 4.82. The number of carbonyl (C=O) groups excluding carboxylic acids is 1.